The van der Waals surface area contributed by atoms with Gasteiger partial charge in [0.15, 0.2) is 0 Å². The van der Waals surface area contributed by atoms with Crippen LogP contribution in [0.4, 0.5) is 0 Å². The van der Waals surface area contributed by atoms with Crippen molar-refractivity contribution in [1.82, 2.24) is 0 Å². The smallest absolute Gasteiger partial charge is 0.303 e. The van der Waals surface area contributed by atoms with Gasteiger partial charge in [-0.2, -0.15) is 0 Å². The lowest BCUT2D eigenvalue weighted by atomic mass is 10.1. The predicted molar refractivity (Wildman–Crippen MR) is 45.7 cm³/mol. The summed E-state index contributed by atoms with van der Waals surface area (Å²) in [5, 5.41) is 8.36. The number of sulfone groups is 1. The van der Waals surface area contributed by atoms with Gasteiger partial charge >= 0.3 is 5.97 Å². The van der Waals surface area contributed by atoms with Gasteiger partial charge in [-0.3, -0.25) is 4.79 Å². The van der Waals surface area contributed by atoms with E-state index in [1.165, 1.54) is 0 Å². The molecule has 1 atom stereocenters. The molecule has 0 aromatic heterocycles. The first-order valence-electron chi connectivity index (χ1n) is 3.71. The van der Waals surface area contributed by atoms with Crippen molar-refractivity contribution in [2.24, 2.45) is 5.92 Å². The standard InChI is InChI=1S/C7H14O4S/c1-6(5-7(8)9)3-4-12(2,10)11/h6H,3-5H2,1-2H3,(H,8,9). The van der Waals surface area contributed by atoms with Crippen LogP contribution >= 0.6 is 0 Å². The maximum Gasteiger partial charge on any atom is 0.303 e. The van der Waals surface area contributed by atoms with Gasteiger partial charge in [-0.1, -0.05) is 6.92 Å². The lowest BCUT2D eigenvalue weighted by molar-refractivity contribution is -0.137. The predicted octanol–water partition coefficient (Wildman–Crippen LogP) is 0.532. The van der Waals surface area contributed by atoms with Crippen molar-refractivity contribution in [3.05, 3.63) is 0 Å². The van der Waals surface area contributed by atoms with Gasteiger partial charge in [0.25, 0.3) is 0 Å². The Kier molecular flexibility index (Phi) is 4.23. The van der Waals surface area contributed by atoms with E-state index in [1.807, 2.05) is 0 Å². The molecule has 0 fully saturated rings. The molecule has 4 nitrogen and oxygen atoms in total. The van der Waals surface area contributed by atoms with E-state index in [2.05, 4.69) is 0 Å². The van der Waals surface area contributed by atoms with Crippen LogP contribution in [0.1, 0.15) is 19.8 Å². The summed E-state index contributed by atoms with van der Waals surface area (Å²) in [4.78, 5) is 10.2. The quantitative estimate of drug-likeness (QED) is 0.693. The summed E-state index contributed by atoms with van der Waals surface area (Å²) in [6.45, 7) is 1.74. The van der Waals surface area contributed by atoms with Gasteiger partial charge in [-0.25, -0.2) is 8.42 Å². The zero-order valence-electron chi connectivity index (χ0n) is 7.28. The minimum atomic E-state index is -2.95. The number of rotatable bonds is 5. The van der Waals surface area contributed by atoms with Crippen molar-refractivity contribution in [3.8, 4) is 0 Å². The Balaban J connectivity index is 3.72. The van der Waals surface area contributed by atoms with E-state index in [1.54, 1.807) is 6.92 Å². The van der Waals surface area contributed by atoms with Gasteiger partial charge in [-0.15, -0.1) is 0 Å². The van der Waals surface area contributed by atoms with E-state index in [0.29, 0.717) is 6.42 Å². The van der Waals surface area contributed by atoms with Crippen LogP contribution in [0.25, 0.3) is 0 Å². The summed E-state index contributed by atoms with van der Waals surface area (Å²) < 4.78 is 21.3. The maximum absolute atomic E-state index is 10.7. The second-order valence-electron chi connectivity index (χ2n) is 3.12. The first-order chi connectivity index (χ1) is 5.31. The van der Waals surface area contributed by atoms with E-state index in [4.69, 9.17) is 5.11 Å². The summed E-state index contributed by atoms with van der Waals surface area (Å²) in [5.41, 5.74) is 0. The molecule has 0 rings (SSSR count). The Morgan fingerprint density at radius 2 is 2.00 bits per heavy atom. The molecule has 0 spiro atoms. The van der Waals surface area contributed by atoms with Crippen LogP contribution in [0.2, 0.25) is 0 Å². The molecular weight excluding hydrogens is 180 g/mol. The number of hydrogen-bond acceptors (Lipinski definition) is 3. The molecule has 0 radical (unpaired) electrons. The highest BCUT2D eigenvalue weighted by atomic mass is 32.2. The van der Waals surface area contributed by atoms with Crippen LogP contribution in [0.15, 0.2) is 0 Å². The van der Waals surface area contributed by atoms with Crippen molar-refractivity contribution in [1.29, 1.82) is 0 Å². The molecule has 0 aromatic rings. The summed E-state index contributed by atoms with van der Waals surface area (Å²) in [6.07, 6.45) is 1.61. The third kappa shape index (κ3) is 7.53. The fourth-order valence-electron chi connectivity index (χ4n) is 0.815. The third-order valence-corrected chi connectivity index (χ3v) is 2.48. The summed E-state index contributed by atoms with van der Waals surface area (Å²) in [5.74, 6) is -0.880. The fourth-order valence-corrected chi connectivity index (χ4v) is 1.65. The zero-order valence-corrected chi connectivity index (χ0v) is 8.10. The maximum atomic E-state index is 10.7. The van der Waals surface area contributed by atoms with Crippen molar-refractivity contribution in [2.75, 3.05) is 12.0 Å². The molecule has 0 aromatic carbocycles. The number of carboxylic acids is 1. The van der Waals surface area contributed by atoms with Gasteiger partial charge < -0.3 is 5.11 Å². The first-order valence-corrected chi connectivity index (χ1v) is 5.77. The molecule has 0 amide bonds. The zero-order chi connectivity index (χ0) is 9.78. The topological polar surface area (TPSA) is 71.4 Å². The molecule has 0 saturated heterocycles. The van der Waals surface area contributed by atoms with Crippen molar-refractivity contribution in [2.45, 2.75) is 19.8 Å². The molecule has 0 aliphatic heterocycles. The minimum absolute atomic E-state index is 0.0372. The Bertz CT molecular complexity index is 242. The number of hydrogen-bond donors (Lipinski definition) is 1. The lowest BCUT2D eigenvalue weighted by Crippen LogP contribution is -2.10. The molecule has 12 heavy (non-hydrogen) atoms. The number of aliphatic carboxylic acids is 1. The van der Waals surface area contributed by atoms with Crippen LogP contribution in [0, 0.1) is 5.92 Å². The third-order valence-electron chi connectivity index (χ3n) is 1.50. The van der Waals surface area contributed by atoms with Gasteiger partial charge in [0.1, 0.15) is 9.84 Å². The molecule has 0 bridgehead atoms. The summed E-state index contributed by atoms with van der Waals surface area (Å²) in [7, 11) is -2.95. The number of carboxylic acid groups (broad SMARTS) is 1. The highest BCUT2D eigenvalue weighted by Gasteiger charge is 2.10. The van der Waals surface area contributed by atoms with Crippen LogP contribution < -0.4 is 0 Å². The Labute approximate surface area is 72.5 Å². The lowest BCUT2D eigenvalue weighted by Gasteiger charge is -2.06. The van der Waals surface area contributed by atoms with Crippen LogP contribution in [-0.4, -0.2) is 31.5 Å². The summed E-state index contributed by atoms with van der Waals surface area (Å²) in [6, 6.07) is 0. The molecule has 1 N–H and O–H groups in total. The van der Waals surface area contributed by atoms with E-state index in [-0.39, 0.29) is 18.1 Å². The summed E-state index contributed by atoms with van der Waals surface area (Å²) >= 11 is 0. The average molecular weight is 194 g/mol. The van der Waals surface area contributed by atoms with E-state index in [0.717, 1.165) is 6.26 Å². The molecule has 1 unspecified atom stereocenters. The fraction of sp³-hybridized carbons (Fsp3) is 0.857. The van der Waals surface area contributed by atoms with Crippen molar-refractivity contribution < 1.29 is 18.3 Å². The van der Waals surface area contributed by atoms with Gasteiger partial charge in [0.2, 0.25) is 0 Å². The normalized spacial score (nSPS) is 14.2. The van der Waals surface area contributed by atoms with Gasteiger partial charge in [0.05, 0.1) is 5.75 Å². The second kappa shape index (κ2) is 4.45. The van der Waals surface area contributed by atoms with E-state index in [9.17, 15) is 13.2 Å². The molecular formula is C7H14O4S. The number of carbonyl (C=O) groups is 1. The van der Waals surface area contributed by atoms with Crippen LogP contribution in [0.3, 0.4) is 0 Å². The Hall–Kier alpha value is -0.580. The van der Waals surface area contributed by atoms with Crippen LogP contribution in [0.5, 0.6) is 0 Å². The largest absolute Gasteiger partial charge is 0.481 e. The minimum Gasteiger partial charge on any atom is -0.481 e. The Morgan fingerprint density at radius 1 is 1.50 bits per heavy atom. The van der Waals surface area contributed by atoms with E-state index < -0.39 is 15.8 Å². The average Bonchev–Trinajstić information content (AvgIpc) is 1.80. The van der Waals surface area contributed by atoms with Gasteiger partial charge in [0, 0.05) is 12.7 Å². The first kappa shape index (κ1) is 11.4. The molecule has 0 heterocycles. The molecule has 72 valence electrons. The molecule has 0 aliphatic rings. The SMILES string of the molecule is CC(CCS(C)(=O)=O)CC(=O)O. The molecule has 0 aliphatic carbocycles. The molecule has 5 heteroatoms. The molecule has 0 saturated carbocycles. The monoisotopic (exact) mass is 194 g/mol. The van der Waals surface area contributed by atoms with Gasteiger partial charge in [-0.05, 0) is 12.3 Å². The highest BCUT2D eigenvalue weighted by Crippen LogP contribution is 2.08. The van der Waals surface area contributed by atoms with Crippen molar-refractivity contribution >= 4 is 15.8 Å². The van der Waals surface area contributed by atoms with Crippen LogP contribution in [-0.2, 0) is 14.6 Å². The highest BCUT2D eigenvalue weighted by molar-refractivity contribution is 7.90. The second-order valence-corrected chi connectivity index (χ2v) is 5.38. The van der Waals surface area contributed by atoms with E-state index >= 15 is 0 Å². The Morgan fingerprint density at radius 3 is 2.33 bits per heavy atom. The van der Waals surface area contributed by atoms with Crippen molar-refractivity contribution in [3.63, 3.8) is 0 Å².